The van der Waals surface area contributed by atoms with Crippen LogP contribution in [0.2, 0.25) is 0 Å². The molecule has 0 bridgehead atoms. The number of nitrogens with one attached hydrogen (secondary N) is 1. The Hall–Kier alpha value is -1.47. The van der Waals surface area contributed by atoms with Gasteiger partial charge in [-0.25, -0.2) is 8.42 Å². The first kappa shape index (κ1) is 24.8. The molecule has 1 aromatic carbocycles. The Morgan fingerprint density at radius 1 is 0.767 bits per heavy atom. The maximum Gasteiger partial charge on any atom is 0.263 e. The molecule has 0 radical (unpaired) electrons. The second-order valence-corrected chi connectivity index (χ2v) is 10.7. The third kappa shape index (κ3) is 9.13. The fourth-order valence-corrected chi connectivity index (χ4v) is 5.51. The van der Waals surface area contributed by atoms with Crippen molar-refractivity contribution in [3.05, 3.63) is 34.8 Å². The van der Waals surface area contributed by atoms with Crippen molar-refractivity contribution in [2.24, 2.45) is 0 Å². The molecule has 0 fully saturated rings. The molecule has 0 atom stereocenters. The molecule has 0 aliphatic rings. The summed E-state index contributed by atoms with van der Waals surface area (Å²) in [7, 11) is -3.62. The van der Waals surface area contributed by atoms with E-state index in [9.17, 15) is 8.42 Å². The van der Waals surface area contributed by atoms with Crippen LogP contribution in [0.4, 0.5) is 5.13 Å². The van der Waals surface area contributed by atoms with Gasteiger partial charge in [0.2, 0.25) is 5.13 Å². The molecule has 2 aromatic rings. The smallest absolute Gasteiger partial charge is 0.253 e. The van der Waals surface area contributed by atoms with Crippen LogP contribution < -0.4 is 4.72 Å². The summed E-state index contributed by atoms with van der Waals surface area (Å²) in [6, 6.07) is 7.21. The highest BCUT2D eigenvalue weighted by molar-refractivity contribution is 7.93. The third-order valence-electron chi connectivity index (χ3n) is 5.21. The molecule has 0 unspecified atom stereocenters. The van der Waals surface area contributed by atoms with Crippen molar-refractivity contribution in [1.29, 1.82) is 0 Å². The molecule has 0 aliphatic heterocycles. The van der Waals surface area contributed by atoms with Crippen molar-refractivity contribution in [2.75, 3.05) is 4.72 Å². The number of aryl methyl sites for hydroxylation is 2. The van der Waals surface area contributed by atoms with Crippen molar-refractivity contribution in [2.45, 2.75) is 102 Å². The van der Waals surface area contributed by atoms with Crippen LogP contribution in [0.25, 0.3) is 0 Å². The van der Waals surface area contributed by atoms with Crippen LogP contribution in [0.5, 0.6) is 0 Å². The summed E-state index contributed by atoms with van der Waals surface area (Å²) < 4.78 is 27.6. The summed E-state index contributed by atoms with van der Waals surface area (Å²) in [4.78, 5) is 0.265. The van der Waals surface area contributed by atoms with Gasteiger partial charge in [0.25, 0.3) is 10.0 Å². The normalized spacial score (nSPS) is 11.7. The van der Waals surface area contributed by atoms with E-state index in [1.807, 2.05) is 12.1 Å². The SMILES string of the molecule is CCCCCCCCCCCCc1ccc(S(=O)(=O)Nc2nnc(CCC)s2)cc1. The highest BCUT2D eigenvalue weighted by Gasteiger charge is 2.16. The lowest BCUT2D eigenvalue weighted by molar-refractivity contribution is 0.556. The molecular weight excluding hydrogens is 414 g/mol. The van der Waals surface area contributed by atoms with Crippen LogP contribution in [0, 0.1) is 0 Å². The van der Waals surface area contributed by atoms with Gasteiger partial charge >= 0.3 is 0 Å². The van der Waals surface area contributed by atoms with E-state index >= 15 is 0 Å². The van der Waals surface area contributed by atoms with E-state index < -0.39 is 10.0 Å². The zero-order chi connectivity index (χ0) is 21.7. The number of unbranched alkanes of at least 4 members (excludes halogenated alkanes) is 9. The Morgan fingerprint density at radius 3 is 1.97 bits per heavy atom. The van der Waals surface area contributed by atoms with Gasteiger partial charge in [-0.1, -0.05) is 95.1 Å². The van der Waals surface area contributed by atoms with Crippen LogP contribution in [0.1, 0.15) is 95.0 Å². The number of hydrogen-bond donors (Lipinski definition) is 1. The summed E-state index contributed by atoms with van der Waals surface area (Å²) >= 11 is 1.29. The first-order chi connectivity index (χ1) is 14.5. The zero-order valence-corrected chi connectivity index (χ0v) is 20.2. The number of hydrogen-bond acceptors (Lipinski definition) is 5. The van der Waals surface area contributed by atoms with Crippen molar-refractivity contribution >= 4 is 26.5 Å². The standard InChI is InChI=1S/C23H37N3O2S2/c1-3-5-6-7-8-9-10-11-12-13-15-20-16-18-21(19-17-20)30(27,28)26-23-25-24-22(29-23)14-4-2/h16-19H,3-15H2,1-2H3,(H,25,26). The molecule has 7 heteroatoms. The Kier molecular flexibility index (Phi) is 11.4. The largest absolute Gasteiger partial charge is 0.263 e. The molecule has 1 aromatic heterocycles. The van der Waals surface area contributed by atoms with E-state index in [0.29, 0.717) is 5.13 Å². The van der Waals surface area contributed by atoms with E-state index in [2.05, 4.69) is 28.8 Å². The van der Waals surface area contributed by atoms with Gasteiger partial charge in [-0.3, -0.25) is 4.72 Å². The van der Waals surface area contributed by atoms with E-state index in [4.69, 9.17) is 0 Å². The molecule has 30 heavy (non-hydrogen) atoms. The average Bonchev–Trinajstić information content (AvgIpc) is 3.16. The zero-order valence-electron chi connectivity index (χ0n) is 18.5. The molecule has 1 N–H and O–H groups in total. The molecule has 1 heterocycles. The van der Waals surface area contributed by atoms with Gasteiger partial charge in [-0.05, 0) is 37.0 Å². The first-order valence-electron chi connectivity index (χ1n) is 11.5. The van der Waals surface area contributed by atoms with Crippen LogP contribution in [0.15, 0.2) is 29.2 Å². The number of anilines is 1. The van der Waals surface area contributed by atoms with E-state index in [-0.39, 0.29) is 4.90 Å². The highest BCUT2D eigenvalue weighted by Crippen LogP contribution is 2.21. The lowest BCUT2D eigenvalue weighted by Gasteiger charge is -2.06. The summed E-state index contributed by atoms with van der Waals surface area (Å²) in [6.07, 6.45) is 16.0. The molecule has 0 aliphatic carbocycles. The quantitative estimate of drug-likeness (QED) is 0.286. The van der Waals surface area contributed by atoms with Crippen LogP contribution in [-0.2, 0) is 22.9 Å². The van der Waals surface area contributed by atoms with Crippen LogP contribution in [-0.4, -0.2) is 18.6 Å². The predicted molar refractivity (Wildman–Crippen MR) is 127 cm³/mol. The minimum Gasteiger partial charge on any atom is -0.253 e. The maximum atomic E-state index is 12.6. The van der Waals surface area contributed by atoms with Gasteiger partial charge in [0.1, 0.15) is 5.01 Å². The van der Waals surface area contributed by atoms with Gasteiger partial charge in [-0.2, -0.15) is 0 Å². The van der Waals surface area contributed by atoms with E-state index in [1.165, 1.54) is 74.7 Å². The summed E-state index contributed by atoms with van der Waals surface area (Å²) in [6.45, 7) is 4.31. The monoisotopic (exact) mass is 451 g/mol. The van der Waals surface area contributed by atoms with E-state index in [1.54, 1.807) is 12.1 Å². The fourth-order valence-electron chi connectivity index (χ4n) is 3.44. The Bertz CT molecular complexity index is 817. The molecule has 2 rings (SSSR count). The second kappa shape index (κ2) is 13.8. The van der Waals surface area contributed by atoms with Crippen LogP contribution in [0.3, 0.4) is 0 Å². The minimum atomic E-state index is -3.62. The number of rotatable bonds is 16. The van der Waals surface area contributed by atoms with Crippen molar-refractivity contribution < 1.29 is 8.42 Å². The molecule has 5 nitrogen and oxygen atoms in total. The number of aromatic nitrogens is 2. The summed E-state index contributed by atoms with van der Waals surface area (Å²) in [5, 5.41) is 9.12. The lowest BCUT2D eigenvalue weighted by Crippen LogP contribution is -2.12. The van der Waals surface area contributed by atoms with E-state index in [0.717, 1.165) is 30.7 Å². The predicted octanol–water partition coefficient (Wildman–Crippen LogP) is 6.75. The molecule has 0 amide bonds. The molecule has 0 saturated carbocycles. The third-order valence-corrected chi connectivity index (χ3v) is 7.59. The maximum absolute atomic E-state index is 12.6. The number of benzene rings is 1. The molecular formula is C23H37N3O2S2. The van der Waals surface area contributed by atoms with Crippen molar-refractivity contribution in [3.63, 3.8) is 0 Å². The Labute approximate surface area is 186 Å². The minimum absolute atomic E-state index is 0.265. The average molecular weight is 452 g/mol. The van der Waals surface area contributed by atoms with Gasteiger partial charge in [0.15, 0.2) is 0 Å². The summed E-state index contributed by atoms with van der Waals surface area (Å²) in [5.41, 5.74) is 1.19. The first-order valence-corrected chi connectivity index (χ1v) is 13.8. The Morgan fingerprint density at radius 2 is 1.37 bits per heavy atom. The van der Waals surface area contributed by atoms with Gasteiger partial charge < -0.3 is 0 Å². The van der Waals surface area contributed by atoms with Gasteiger partial charge in [0, 0.05) is 6.42 Å². The number of sulfonamides is 1. The van der Waals surface area contributed by atoms with Gasteiger partial charge in [0.05, 0.1) is 4.90 Å². The summed E-state index contributed by atoms with van der Waals surface area (Å²) in [5.74, 6) is 0. The fraction of sp³-hybridized carbons (Fsp3) is 0.652. The second-order valence-electron chi connectivity index (χ2n) is 7.93. The molecule has 0 saturated heterocycles. The lowest BCUT2D eigenvalue weighted by atomic mass is 10.0. The van der Waals surface area contributed by atoms with Crippen LogP contribution >= 0.6 is 11.3 Å². The van der Waals surface area contributed by atoms with Crippen molar-refractivity contribution in [3.8, 4) is 0 Å². The molecule has 0 spiro atoms. The van der Waals surface area contributed by atoms with Crippen molar-refractivity contribution in [1.82, 2.24) is 10.2 Å². The number of nitrogens with zero attached hydrogens (tertiary/aromatic N) is 2. The highest BCUT2D eigenvalue weighted by atomic mass is 32.2. The topological polar surface area (TPSA) is 72.0 Å². The van der Waals surface area contributed by atoms with Gasteiger partial charge in [-0.15, -0.1) is 10.2 Å². The molecule has 168 valence electrons. The Balaban J connectivity index is 1.68.